The molecular weight excluding hydrogens is 228 g/mol. The summed E-state index contributed by atoms with van der Waals surface area (Å²) in [6.45, 7) is 4.21. The first kappa shape index (κ1) is 10.8. The van der Waals surface area contributed by atoms with E-state index in [9.17, 15) is 0 Å². The first-order valence-corrected chi connectivity index (χ1v) is 6.94. The Bertz CT molecular complexity index is 806. The van der Waals surface area contributed by atoms with Crippen molar-refractivity contribution in [3.8, 4) is 11.1 Å². The largest absolute Gasteiger partial charge is 0.0952 e. The van der Waals surface area contributed by atoms with Crippen LogP contribution in [0.5, 0.6) is 0 Å². The van der Waals surface area contributed by atoms with Gasteiger partial charge in [-0.2, -0.15) is 0 Å². The maximum atomic E-state index is 4.21. The molecule has 0 nitrogen and oxygen atoms in total. The van der Waals surface area contributed by atoms with Crippen LogP contribution in [-0.4, -0.2) is 0 Å². The van der Waals surface area contributed by atoms with Crippen molar-refractivity contribution in [2.75, 3.05) is 0 Å². The summed E-state index contributed by atoms with van der Waals surface area (Å²) >= 11 is 0. The van der Waals surface area contributed by atoms with Crippen LogP contribution in [-0.2, 0) is 6.42 Å². The fraction of sp³-hybridized carbons (Fsp3) is 0.158. The topological polar surface area (TPSA) is 0 Å². The van der Waals surface area contributed by atoms with E-state index in [1.807, 2.05) is 0 Å². The smallest absolute Gasteiger partial charge is 0.00818 e. The van der Waals surface area contributed by atoms with Crippen LogP contribution < -0.4 is 10.4 Å². The highest BCUT2D eigenvalue weighted by atomic mass is 14.2. The minimum absolute atomic E-state index is 1.04. The molecule has 0 spiro atoms. The van der Waals surface area contributed by atoms with Crippen LogP contribution in [0.2, 0.25) is 0 Å². The molecule has 0 atom stereocenters. The quantitative estimate of drug-likeness (QED) is 0.667. The fourth-order valence-electron chi connectivity index (χ4n) is 3.32. The van der Waals surface area contributed by atoms with Crippen molar-refractivity contribution >= 4 is 17.7 Å². The number of benzene rings is 2. The van der Waals surface area contributed by atoms with Crippen LogP contribution in [0.4, 0.5) is 0 Å². The molecule has 0 unspecified atom stereocenters. The molecule has 92 valence electrons. The third kappa shape index (κ3) is 1.53. The first-order valence-electron chi connectivity index (χ1n) is 6.94. The molecule has 0 N–H and O–H groups in total. The molecule has 2 aliphatic rings. The Morgan fingerprint density at radius 3 is 2.53 bits per heavy atom. The van der Waals surface area contributed by atoms with Crippen molar-refractivity contribution in [1.29, 1.82) is 0 Å². The number of allylic oxidation sites excluding steroid dienone is 1. The van der Waals surface area contributed by atoms with Gasteiger partial charge in [0, 0.05) is 0 Å². The summed E-state index contributed by atoms with van der Waals surface area (Å²) in [4.78, 5) is 0. The lowest BCUT2D eigenvalue weighted by atomic mass is 9.86. The zero-order valence-corrected chi connectivity index (χ0v) is 10.9. The van der Waals surface area contributed by atoms with E-state index >= 15 is 0 Å². The molecular formula is C19H16. The summed E-state index contributed by atoms with van der Waals surface area (Å²) < 4.78 is 0. The second kappa shape index (κ2) is 3.96. The van der Waals surface area contributed by atoms with Gasteiger partial charge in [0.15, 0.2) is 0 Å². The number of hydrogen-bond acceptors (Lipinski definition) is 0. The van der Waals surface area contributed by atoms with E-state index in [1.165, 1.54) is 38.3 Å². The molecule has 0 saturated heterocycles. The Morgan fingerprint density at radius 1 is 0.789 bits per heavy atom. The average molecular weight is 244 g/mol. The van der Waals surface area contributed by atoms with E-state index in [2.05, 4.69) is 55.1 Å². The lowest BCUT2D eigenvalue weighted by Crippen LogP contribution is -2.33. The van der Waals surface area contributed by atoms with Crippen LogP contribution >= 0.6 is 0 Å². The Morgan fingerprint density at radius 2 is 1.58 bits per heavy atom. The van der Waals surface area contributed by atoms with E-state index in [1.54, 1.807) is 0 Å². The van der Waals surface area contributed by atoms with Crippen molar-refractivity contribution in [1.82, 2.24) is 0 Å². The Hall–Kier alpha value is -2.08. The number of rotatable bonds is 0. The highest BCUT2D eigenvalue weighted by Gasteiger charge is 2.14. The van der Waals surface area contributed by atoms with E-state index in [0.29, 0.717) is 0 Å². The molecule has 0 amide bonds. The van der Waals surface area contributed by atoms with Gasteiger partial charge in [-0.15, -0.1) is 0 Å². The first-order chi connectivity index (χ1) is 9.34. The van der Waals surface area contributed by atoms with Crippen molar-refractivity contribution in [2.24, 2.45) is 0 Å². The van der Waals surface area contributed by atoms with Gasteiger partial charge in [0.05, 0.1) is 0 Å². The molecule has 4 rings (SSSR count). The molecule has 0 radical (unpaired) electrons. The zero-order valence-electron chi connectivity index (χ0n) is 10.9. The van der Waals surface area contributed by atoms with E-state index in [4.69, 9.17) is 0 Å². The van der Waals surface area contributed by atoms with E-state index in [-0.39, 0.29) is 0 Å². The van der Waals surface area contributed by atoms with Crippen LogP contribution in [0.1, 0.15) is 24.0 Å². The second-order valence-corrected chi connectivity index (χ2v) is 5.40. The summed E-state index contributed by atoms with van der Waals surface area (Å²) in [7, 11) is 0. The van der Waals surface area contributed by atoms with Gasteiger partial charge >= 0.3 is 0 Å². The minimum Gasteiger partial charge on any atom is -0.0952 e. The van der Waals surface area contributed by atoms with Gasteiger partial charge in [-0.3, -0.25) is 0 Å². The highest BCUT2D eigenvalue weighted by Crippen LogP contribution is 2.26. The molecule has 0 bridgehead atoms. The number of fused-ring (bicyclic) bond motifs is 5. The zero-order chi connectivity index (χ0) is 12.8. The van der Waals surface area contributed by atoms with Gasteiger partial charge in [0.25, 0.3) is 0 Å². The standard InChI is InChI=1S/C19H16/c1-13-5-4-8-17-15(13)11-12-18-16-7-3-2-6-14(16)9-10-19(17)18/h2-3,6-8,10-12H,1,4-5,9H2. The predicted octanol–water partition coefficient (Wildman–Crippen LogP) is 3.28. The molecule has 0 aromatic heterocycles. The van der Waals surface area contributed by atoms with Crippen LogP contribution in [0.25, 0.3) is 28.9 Å². The molecule has 0 fully saturated rings. The molecule has 2 aromatic carbocycles. The summed E-state index contributed by atoms with van der Waals surface area (Å²) in [6.07, 6.45) is 8.03. The van der Waals surface area contributed by atoms with Crippen molar-refractivity contribution in [2.45, 2.75) is 19.3 Å². The fourth-order valence-corrected chi connectivity index (χ4v) is 3.32. The Balaban J connectivity index is 2.10. The van der Waals surface area contributed by atoms with Gasteiger partial charge in [-0.25, -0.2) is 0 Å². The lowest BCUT2D eigenvalue weighted by molar-refractivity contribution is 1.08. The average Bonchev–Trinajstić information content (AvgIpc) is 2.47. The van der Waals surface area contributed by atoms with Gasteiger partial charge in [-0.05, 0) is 57.5 Å². The molecule has 0 aliphatic heterocycles. The van der Waals surface area contributed by atoms with E-state index < -0.39 is 0 Å². The normalized spacial score (nSPS) is 15.7. The van der Waals surface area contributed by atoms with Gasteiger partial charge < -0.3 is 0 Å². The summed E-state index contributed by atoms with van der Waals surface area (Å²) in [5.41, 5.74) is 6.84. The Kier molecular flexibility index (Phi) is 2.25. The highest BCUT2D eigenvalue weighted by molar-refractivity contribution is 5.77. The van der Waals surface area contributed by atoms with Gasteiger partial charge in [0.2, 0.25) is 0 Å². The van der Waals surface area contributed by atoms with Gasteiger partial charge in [0.1, 0.15) is 0 Å². The SMILES string of the molecule is C=C1CCC=c2c1ccc1c2=CCc2ccccc2-1. The summed E-state index contributed by atoms with van der Waals surface area (Å²) in [5, 5.41) is 2.82. The second-order valence-electron chi connectivity index (χ2n) is 5.40. The van der Waals surface area contributed by atoms with Crippen molar-refractivity contribution in [3.63, 3.8) is 0 Å². The molecule has 0 saturated carbocycles. The Labute approximate surface area is 113 Å². The molecule has 0 heteroatoms. The van der Waals surface area contributed by atoms with Crippen LogP contribution in [0.3, 0.4) is 0 Å². The van der Waals surface area contributed by atoms with Crippen molar-refractivity contribution < 1.29 is 0 Å². The summed E-state index contributed by atoms with van der Waals surface area (Å²) in [6, 6.07) is 13.3. The maximum Gasteiger partial charge on any atom is -0.00818 e. The van der Waals surface area contributed by atoms with Crippen molar-refractivity contribution in [3.05, 3.63) is 64.5 Å². The minimum atomic E-state index is 1.04. The summed E-state index contributed by atoms with van der Waals surface area (Å²) in [5.74, 6) is 0. The maximum absolute atomic E-state index is 4.21. The monoisotopic (exact) mass is 244 g/mol. The van der Waals surface area contributed by atoms with Gasteiger partial charge in [-0.1, -0.05) is 55.1 Å². The van der Waals surface area contributed by atoms with Crippen LogP contribution in [0.15, 0.2) is 43.0 Å². The molecule has 2 aromatic rings. The molecule has 2 aliphatic carbocycles. The predicted molar refractivity (Wildman–Crippen MR) is 82.0 cm³/mol. The lowest BCUT2D eigenvalue weighted by Gasteiger charge is -2.19. The third-order valence-electron chi connectivity index (χ3n) is 4.30. The third-order valence-corrected chi connectivity index (χ3v) is 4.30. The van der Waals surface area contributed by atoms with E-state index in [0.717, 1.165) is 19.3 Å². The number of hydrogen-bond donors (Lipinski definition) is 0. The molecule has 19 heavy (non-hydrogen) atoms. The molecule has 0 heterocycles. The van der Waals surface area contributed by atoms with Crippen LogP contribution in [0, 0.1) is 0 Å².